The predicted molar refractivity (Wildman–Crippen MR) is 88.0 cm³/mol. The molecule has 0 atom stereocenters. The highest BCUT2D eigenvalue weighted by Gasteiger charge is 2.17. The van der Waals surface area contributed by atoms with Gasteiger partial charge in [-0.2, -0.15) is 0 Å². The Bertz CT molecular complexity index is 912. The average Bonchev–Trinajstić information content (AvgIpc) is 2.93. The van der Waals surface area contributed by atoms with Crippen LogP contribution in [0, 0.1) is 13.8 Å². The molecule has 0 amide bonds. The quantitative estimate of drug-likeness (QED) is 0.777. The number of aryl methyl sites for hydroxylation is 1. The topological polar surface area (TPSA) is 68.3 Å². The highest BCUT2D eigenvalue weighted by Crippen LogP contribution is 2.30. The molecule has 0 unspecified atom stereocenters. The van der Waals surface area contributed by atoms with E-state index in [0.717, 1.165) is 21.2 Å². The first-order valence-corrected chi connectivity index (χ1v) is 7.69. The second-order valence-electron chi connectivity index (χ2n) is 5.14. The van der Waals surface area contributed by atoms with Crippen molar-refractivity contribution in [3.63, 3.8) is 0 Å². The molecule has 2 aromatic heterocycles. The van der Waals surface area contributed by atoms with Gasteiger partial charge in [0.2, 0.25) is 5.89 Å². The maximum Gasteiger partial charge on any atom is 0.280 e. The van der Waals surface area contributed by atoms with Crippen LogP contribution in [-0.4, -0.2) is 21.3 Å². The molecule has 6 heteroatoms. The zero-order valence-corrected chi connectivity index (χ0v) is 13.8. The van der Waals surface area contributed by atoms with Gasteiger partial charge in [-0.1, -0.05) is 22.0 Å². The molecule has 0 bridgehead atoms. The molecule has 0 radical (unpaired) electrons. The molecular formula is C16H15BrN2O3. The molecule has 0 saturated heterocycles. The van der Waals surface area contributed by atoms with E-state index in [1.807, 2.05) is 32.0 Å². The van der Waals surface area contributed by atoms with Crippen LogP contribution in [0.4, 0.5) is 0 Å². The number of oxazole rings is 1. The third kappa shape index (κ3) is 2.38. The van der Waals surface area contributed by atoms with E-state index in [9.17, 15) is 4.79 Å². The summed E-state index contributed by atoms with van der Waals surface area (Å²) in [6, 6.07) is 5.76. The van der Waals surface area contributed by atoms with Crippen LogP contribution < -0.4 is 5.56 Å². The second kappa shape index (κ2) is 5.70. The Kier molecular flexibility index (Phi) is 3.88. The van der Waals surface area contributed by atoms with Gasteiger partial charge in [-0.25, -0.2) is 4.98 Å². The largest absolute Gasteiger partial charge is 0.436 e. The van der Waals surface area contributed by atoms with Gasteiger partial charge in [0.15, 0.2) is 11.1 Å². The molecule has 114 valence electrons. The monoisotopic (exact) mass is 362 g/mol. The van der Waals surface area contributed by atoms with Crippen molar-refractivity contribution in [3.8, 4) is 11.5 Å². The standard InChI is InChI=1S/C16H15BrN2O3/c1-9-8-19(6-7-20)16(21)13-14(9)22-15(18-13)11-4-3-5-12(17)10(11)2/h3-5,8,20H,6-7H2,1-2H3. The lowest BCUT2D eigenvalue weighted by Gasteiger charge is -2.03. The number of fused-ring (bicyclic) bond motifs is 1. The number of aromatic nitrogens is 2. The molecule has 0 fully saturated rings. The molecule has 0 aliphatic carbocycles. The number of benzene rings is 1. The molecule has 1 N–H and O–H groups in total. The predicted octanol–water partition coefficient (Wildman–Crippen LogP) is 3.03. The molecule has 0 saturated carbocycles. The normalized spacial score (nSPS) is 11.3. The van der Waals surface area contributed by atoms with E-state index in [1.54, 1.807) is 6.20 Å². The van der Waals surface area contributed by atoms with Crippen LogP contribution in [0.3, 0.4) is 0 Å². The van der Waals surface area contributed by atoms with Crippen LogP contribution in [0.5, 0.6) is 0 Å². The number of aliphatic hydroxyl groups excluding tert-OH is 1. The van der Waals surface area contributed by atoms with E-state index < -0.39 is 0 Å². The minimum atomic E-state index is -0.253. The van der Waals surface area contributed by atoms with Gasteiger partial charge in [0.25, 0.3) is 5.56 Å². The van der Waals surface area contributed by atoms with E-state index in [-0.39, 0.29) is 18.7 Å². The van der Waals surface area contributed by atoms with Crippen molar-refractivity contribution < 1.29 is 9.52 Å². The minimum Gasteiger partial charge on any atom is -0.436 e. The molecule has 5 nitrogen and oxygen atoms in total. The lowest BCUT2D eigenvalue weighted by atomic mass is 10.1. The first-order chi connectivity index (χ1) is 10.5. The maximum absolute atomic E-state index is 12.4. The maximum atomic E-state index is 12.4. The van der Waals surface area contributed by atoms with E-state index in [0.29, 0.717) is 17.0 Å². The van der Waals surface area contributed by atoms with Gasteiger partial charge >= 0.3 is 0 Å². The molecule has 0 spiro atoms. The second-order valence-corrected chi connectivity index (χ2v) is 6.00. The van der Waals surface area contributed by atoms with E-state index in [4.69, 9.17) is 9.52 Å². The highest BCUT2D eigenvalue weighted by atomic mass is 79.9. The smallest absolute Gasteiger partial charge is 0.280 e. The molecule has 3 rings (SSSR count). The van der Waals surface area contributed by atoms with Crippen LogP contribution in [0.2, 0.25) is 0 Å². The molecule has 0 aliphatic rings. The van der Waals surface area contributed by atoms with E-state index in [2.05, 4.69) is 20.9 Å². The van der Waals surface area contributed by atoms with Gasteiger partial charge in [0, 0.05) is 28.3 Å². The van der Waals surface area contributed by atoms with Gasteiger partial charge < -0.3 is 14.1 Å². The minimum absolute atomic E-state index is 0.0969. The zero-order chi connectivity index (χ0) is 15.9. The number of halogens is 1. The average molecular weight is 363 g/mol. The summed E-state index contributed by atoms with van der Waals surface area (Å²) in [7, 11) is 0. The summed E-state index contributed by atoms with van der Waals surface area (Å²) in [6.45, 7) is 3.97. The fourth-order valence-corrected chi connectivity index (χ4v) is 2.81. The lowest BCUT2D eigenvalue weighted by Crippen LogP contribution is -2.21. The van der Waals surface area contributed by atoms with Crippen molar-refractivity contribution in [2.75, 3.05) is 6.61 Å². The summed E-state index contributed by atoms with van der Waals surface area (Å²) in [4.78, 5) is 16.8. The molecule has 3 aromatic rings. The fourth-order valence-electron chi connectivity index (χ4n) is 2.45. The molecule has 0 aliphatic heterocycles. The van der Waals surface area contributed by atoms with Gasteiger partial charge in [-0.05, 0) is 31.5 Å². The van der Waals surface area contributed by atoms with E-state index in [1.165, 1.54) is 4.57 Å². The fraction of sp³-hybridized carbons (Fsp3) is 0.250. The first kappa shape index (κ1) is 15.0. The van der Waals surface area contributed by atoms with Crippen molar-refractivity contribution in [3.05, 3.63) is 50.3 Å². The number of nitrogens with zero attached hydrogens (tertiary/aromatic N) is 2. The number of rotatable bonds is 3. The summed E-state index contributed by atoms with van der Waals surface area (Å²) < 4.78 is 8.24. The Morgan fingerprint density at radius 2 is 2.14 bits per heavy atom. The molecular weight excluding hydrogens is 348 g/mol. The number of pyridine rings is 1. The number of hydrogen-bond acceptors (Lipinski definition) is 4. The molecule has 1 aromatic carbocycles. The van der Waals surface area contributed by atoms with Gasteiger partial charge in [-0.3, -0.25) is 4.79 Å². The van der Waals surface area contributed by atoms with Crippen molar-refractivity contribution in [1.29, 1.82) is 0 Å². The van der Waals surface area contributed by atoms with Crippen LogP contribution in [0.1, 0.15) is 11.1 Å². The van der Waals surface area contributed by atoms with E-state index >= 15 is 0 Å². The summed E-state index contributed by atoms with van der Waals surface area (Å²) in [5.74, 6) is 0.427. The Morgan fingerprint density at radius 1 is 1.36 bits per heavy atom. The van der Waals surface area contributed by atoms with Crippen molar-refractivity contribution >= 4 is 27.0 Å². The third-order valence-electron chi connectivity index (χ3n) is 3.64. The Hall–Kier alpha value is -1.92. The van der Waals surface area contributed by atoms with Crippen molar-refractivity contribution in [2.45, 2.75) is 20.4 Å². The third-order valence-corrected chi connectivity index (χ3v) is 4.50. The first-order valence-electron chi connectivity index (χ1n) is 6.90. The van der Waals surface area contributed by atoms with Crippen LogP contribution in [0.25, 0.3) is 22.6 Å². The Labute approximate surface area is 135 Å². The van der Waals surface area contributed by atoms with Gasteiger partial charge in [0.1, 0.15) is 0 Å². The van der Waals surface area contributed by atoms with Crippen LogP contribution in [0.15, 0.2) is 38.1 Å². The lowest BCUT2D eigenvalue weighted by molar-refractivity contribution is 0.274. The van der Waals surface area contributed by atoms with Crippen LogP contribution in [-0.2, 0) is 6.54 Å². The summed E-state index contributed by atoms with van der Waals surface area (Å²) >= 11 is 3.49. The number of hydrogen-bond donors (Lipinski definition) is 1. The van der Waals surface area contributed by atoms with Crippen LogP contribution >= 0.6 is 15.9 Å². The van der Waals surface area contributed by atoms with Crippen molar-refractivity contribution in [2.24, 2.45) is 0 Å². The summed E-state index contributed by atoms with van der Waals surface area (Å²) in [6.07, 6.45) is 1.68. The summed E-state index contributed by atoms with van der Waals surface area (Å²) in [5.41, 5.74) is 3.20. The highest BCUT2D eigenvalue weighted by molar-refractivity contribution is 9.10. The summed E-state index contributed by atoms with van der Waals surface area (Å²) in [5, 5.41) is 9.05. The Balaban J connectivity index is 2.26. The van der Waals surface area contributed by atoms with Crippen molar-refractivity contribution in [1.82, 2.24) is 9.55 Å². The Morgan fingerprint density at radius 3 is 2.86 bits per heavy atom. The molecule has 22 heavy (non-hydrogen) atoms. The number of aliphatic hydroxyl groups is 1. The SMILES string of the molecule is Cc1c(Br)cccc1-c1nc2c(=O)n(CCO)cc(C)c2o1. The van der Waals surface area contributed by atoms with Gasteiger partial charge in [-0.15, -0.1) is 0 Å². The molecule has 2 heterocycles. The zero-order valence-electron chi connectivity index (χ0n) is 12.3. The van der Waals surface area contributed by atoms with Gasteiger partial charge in [0.05, 0.1) is 6.61 Å².